The van der Waals surface area contributed by atoms with Gasteiger partial charge in [-0.1, -0.05) is 11.6 Å². The van der Waals surface area contributed by atoms with Crippen molar-refractivity contribution in [3.63, 3.8) is 0 Å². The lowest BCUT2D eigenvalue weighted by Gasteiger charge is -2.01. The topological polar surface area (TPSA) is 4.93 Å². The summed E-state index contributed by atoms with van der Waals surface area (Å²) in [5.41, 5.74) is 5.73. The standard InChI is InChI=1S/C10H13N/c1-7-4-9-6-8(2)11(3)10(9)5-7/h4,6H,5H2,1-3H3. The predicted octanol–water partition coefficient (Wildman–Crippen LogP) is 2.29. The quantitative estimate of drug-likeness (QED) is 0.530. The fourth-order valence-corrected chi connectivity index (χ4v) is 1.74. The molecule has 0 aromatic carbocycles. The molecule has 0 aliphatic heterocycles. The third-order valence-corrected chi connectivity index (χ3v) is 2.48. The first-order valence-electron chi connectivity index (χ1n) is 4.01. The Hall–Kier alpha value is -0.980. The van der Waals surface area contributed by atoms with E-state index in [0.29, 0.717) is 0 Å². The zero-order chi connectivity index (χ0) is 8.01. The van der Waals surface area contributed by atoms with Gasteiger partial charge in [-0.05, 0) is 25.5 Å². The molecule has 11 heavy (non-hydrogen) atoms. The fraction of sp³-hybridized carbons (Fsp3) is 0.400. The summed E-state index contributed by atoms with van der Waals surface area (Å²) in [7, 11) is 2.14. The maximum atomic E-state index is 2.28. The maximum absolute atomic E-state index is 2.28. The van der Waals surface area contributed by atoms with Crippen LogP contribution in [-0.4, -0.2) is 4.57 Å². The van der Waals surface area contributed by atoms with Gasteiger partial charge in [0.15, 0.2) is 0 Å². The SMILES string of the molecule is CC1=Cc2cc(C)n(C)c2C1. The Morgan fingerprint density at radius 3 is 2.73 bits per heavy atom. The summed E-state index contributed by atoms with van der Waals surface area (Å²) < 4.78 is 2.28. The zero-order valence-electron chi connectivity index (χ0n) is 7.31. The van der Waals surface area contributed by atoms with Crippen LogP contribution in [0.15, 0.2) is 11.6 Å². The molecular weight excluding hydrogens is 134 g/mol. The highest BCUT2D eigenvalue weighted by atomic mass is 15.0. The van der Waals surface area contributed by atoms with E-state index in [0.717, 1.165) is 6.42 Å². The molecular formula is C10H13N. The summed E-state index contributed by atoms with van der Waals surface area (Å²) in [5, 5.41) is 0. The Bertz CT molecular complexity index is 329. The lowest BCUT2D eigenvalue weighted by Crippen LogP contribution is -1.96. The van der Waals surface area contributed by atoms with Gasteiger partial charge in [0.2, 0.25) is 0 Å². The van der Waals surface area contributed by atoms with Crippen LogP contribution in [0, 0.1) is 6.92 Å². The van der Waals surface area contributed by atoms with Crippen LogP contribution in [0.5, 0.6) is 0 Å². The number of hydrogen-bond donors (Lipinski definition) is 0. The number of rotatable bonds is 0. The highest BCUT2D eigenvalue weighted by Crippen LogP contribution is 2.26. The molecule has 0 amide bonds. The molecule has 1 heteroatoms. The summed E-state index contributed by atoms with van der Waals surface area (Å²) in [6.07, 6.45) is 3.42. The van der Waals surface area contributed by atoms with Crippen molar-refractivity contribution in [1.29, 1.82) is 0 Å². The number of hydrogen-bond acceptors (Lipinski definition) is 0. The van der Waals surface area contributed by atoms with Gasteiger partial charge in [-0.15, -0.1) is 0 Å². The van der Waals surface area contributed by atoms with E-state index < -0.39 is 0 Å². The molecule has 1 heterocycles. The molecule has 1 aromatic heterocycles. The summed E-state index contributed by atoms with van der Waals surface area (Å²) >= 11 is 0. The third kappa shape index (κ3) is 0.839. The number of fused-ring (bicyclic) bond motifs is 1. The smallest absolute Gasteiger partial charge is 0.0287 e. The van der Waals surface area contributed by atoms with E-state index in [1.165, 1.54) is 22.5 Å². The van der Waals surface area contributed by atoms with Gasteiger partial charge in [-0.25, -0.2) is 0 Å². The fourth-order valence-electron chi connectivity index (χ4n) is 1.74. The van der Waals surface area contributed by atoms with E-state index in [4.69, 9.17) is 0 Å². The van der Waals surface area contributed by atoms with Gasteiger partial charge in [-0.3, -0.25) is 0 Å². The minimum atomic E-state index is 1.14. The normalized spacial score (nSPS) is 15.0. The van der Waals surface area contributed by atoms with Crippen molar-refractivity contribution < 1.29 is 0 Å². The molecule has 1 aromatic rings. The Balaban J connectivity index is 2.59. The van der Waals surface area contributed by atoms with Gasteiger partial charge in [0.05, 0.1) is 0 Å². The molecule has 0 spiro atoms. The first-order valence-corrected chi connectivity index (χ1v) is 4.01. The van der Waals surface area contributed by atoms with E-state index in [2.05, 4.69) is 37.6 Å². The van der Waals surface area contributed by atoms with Crippen LogP contribution in [0.1, 0.15) is 23.9 Å². The predicted molar refractivity (Wildman–Crippen MR) is 47.5 cm³/mol. The molecule has 1 aliphatic carbocycles. The largest absolute Gasteiger partial charge is 0.351 e. The molecule has 0 saturated heterocycles. The number of nitrogens with zero attached hydrogens (tertiary/aromatic N) is 1. The van der Waals surface area contributed by atoms with E-state index >= 15 is 0 Å². The molecule has 0 radical (unpaired) electrons. The Morgan fingerprint density at radius 1 is 1.36 bits per heavy atom. The monoisotopic (exact) mass is 147 g/mol. The first kappa shape index (κ1) is 6.71. The molecule has 2 rings (SSSR count). The van der Waals surface area contributed by atoms with Crippen molar-refractivity contribution in [2.75, 3.05) is 0 Å². The van der Waals surface area contributed by atoms with E-state index in [1.54, 1.807) is 0 Å². The lowest BCUT2D eigenvalue weighted by atomic mass is 10.2. The van der Waals surface area contributed by atoms with Crippen LogP contribution in [0.4, 0.5) is 0 Å². The van der Waals surface area contributed by atoms with E-state index in [1.807, 2.05) is 0 Å². The summed E-state index contributed by atoms with van der Waals surface area (Å²) in [4.78, 5) is 0. The Kier molecular flexibility index (Phi) is 1.22. The molecule has 0 atom stereocenters. The van der Waals surface area contributed by atoms with Gasteiger partial charge in [-0.2, -0.15) is 0 Å². The molecule has 0 fully saturated rings. The Labute approximate surface area is 67.3 Å². The van der Waals surface area contributed by atoms with Crippen LogP contribution in [-0.2, 0) is 13.5 Å². The lowest BCUT2D eigenvalue weighted by molar-refractivity contribution is 0.820. The zero-order valence-corrected chi connectivity index (χ0v) is 7.31. The average Bonchev–Trinajstić information content (AvgIpc) is 2.37. The molecule has 0 saturated carbocycles. The summed E-state index contributed by atoms with van der Waals surface area (Å²) in [6.45, 7) is 4.34. The highest BCUT2D eigenvalue weighted by molar-refractivity contribution is 5.62. The van der Waals surface area contributed by atoms with Gasteiger partial charge < -0.3 is 4.57 Å². The van der Waals surface area contributed by atoms with Crippen LogP contribution in [0.2, 0.25) is 0 Å². The molecule has 58 valence electrons. The van der Waals surface area contributed by atoms with Crippen LogP contribution < -0.4 is 0 Å². The number of aryl methyl sites for hydroxylation is 1. The van der Waals surface area contributed by atoms with Crippen LogP contribution in [0.3, 0.4) is 0 Å². The second-order valence-electron chi connectivity index (χ2n) is 3.41. The van der Waals surface area contributed by atoms with Gasteiger partial charge in [0, 0.05) is 24.9 Å². The molecule has 0 unspecified atom stereocenters. The van der Waals surface area contributed by atoms with Gasteiger partial charge in [0.1, 0.15) is 0 Å². The van der Waals surface area contributed by atoms with Crippen LogP contribution in [0.25, 0.3) is 6.08 Å². The van der Waals surface area contributed by atoms with Gasteiger partial charge >= 0.3 is 0 Å². The van der Waals surface area contributed by atoms with Crippen molar-refractivity contribution in [2.45, 2.75) is 20.3 Å². The molecule has 0 N–H and O–H groups in total. The molecule has 0 bridgehead atoms. The van der Waals surface area contributed by atoms with Gasteiger partial charge in [0.25, 0.3) is 0 Å². The van der Waals surface area contributed by atoms with E-state index in [9.17, 15) is 0 Å². The third-order valence-electron chi connectivity index (χ3n) is 2.48. The summed E-state index contributed by atoms with van der Waals surface area (Å²) in [6, 6.07) is 2.26. The molecule has 1 nitrogen and oxygen atoms in total. The maximum Gasteiger partial charge on any atom is 0.0287 e. The van der Waals surface area contributed by atoms with Crippen molar-refractivity contribution >= 4 is 6.08 Å². The highest BCUT2D eigenvalue weighted by Gasteiger charge is 2.13. The second-order valence-corrected chi connectivity index (χ2v) is 3.41. The molecule has 1 aliphatic rings. The second kappa shape index (κ2) is 2.00. The van der Waals surface area contributed by atoms with Crippen LogP contribution >= 0.6 is 0 Å². The van der Waals surface area contributed by atoms with Crippen molar-refractivity contribution in [1.82, 2.24) is 4.57 Å². The summed E-state index contributed by atoms with van der Waals surface area (Å²) in [5.74, 6) is 0. The first-order chi connectivity index (χ1) is 5.18. The van der Waals surface area contributed by atoms with Crippen molar-refractivity contribution in [3.8, 4) is 0 Å². The number of aromatic nitrogens is 1. The number of allylic oxidation sites excluding steroid dienone is 1. The minimum Gasteiger partial charge on any atom is -0.351 e. The average molecular weight is 147 g/mol. The van der Waals surface area contributed by atoms with E-state index in [-0.39, 0.29) is 0 Å². The van der Waals surface area contributed by atoms with Crippen molar-refractivity contribution in [3.05, 3.63) is 28.6 Å². The Morgan fingerprint density at radius 2 is 2.09 bits per heavy atom. The minimum absolute atomic E-state index is 1.14. The van der Waals surface area contributed by atoms with Crippen molar-refractivity contribution in [2.24, 2.45) is 7.05 Å².